The predicted octanol–water partition coefficient (Wildman–Crippen LogP) is 1.73. The van der Waals surface area contributed by atoms with E-state index in [9.17, 15) is 10.2 Å². The van der Waals surface area contributed by atoms with Gasteiger partial charge < -0.3 is 15.3 Å². The Hall–Kier alpha value is 0.0600. The molecule has 0 spiro atoms. The van der Waals surface area contributed by atoms with Crippen LogP contribution in [-0.4, -0.2) is 26.8 Å². The molecule has 3 nitrogen and oxygen atoms in total. The molecule has 2 atom stereocenters. The molecule has 15 heavy (non-hydrogen) atoms. The Kier molecular flexibility index (Phi) is 5.22. The van der Waals surface area contributed by atoms with Gasteiger partial charge in [0.25, 0.3) is 0 Å². The molecular formula is C10H12Br2O3. The molecule has 2 unspecified atom stereocenters. The number of alkyl halides is 1. The van der Waals surface area contributed by atoms with Crippen molar-refractivity contribution in [3.63, 3.8) is 0 Å². The number of hydrogen-bond donors (Lipinski definition) is 3. The zero-order chi connectivity index (χ0) is 11.4. The summed E-state index contributed by atoms with van der Waals surface area (Å²) in [6.07, 6.45) is -1.79. The molecular weight excluding hydrogens is 328 g/mol. The fraction of sp³-hybridized carbons (Fsp3) is 0.400. The van der Waals surface area contributed by atoms with Crippen molar-refractivity contribution in [1.29, 1.82) is 0 Å². The Morgan fingerprint density at radius 2 is 1.93 bits per heavy atom. The fourth-order valence-electron chi connectivity index (χ4n) is 1.21. The first kappa shape index (κ1) is 13.1. The summed E-state index contributed by atoms with van der Waals surface area (Å²) in [5.41, 5.74) is 1.28. The normalized spacial score (nSPS) is 15.0. The molecule has 5 heteroatoms. The van der Waals surface area contributed by atoms with Crippen LogP contribution < -0.4 is 0 Å². The monoisotopic (exact) mass is 338 g/mol. The lowest BCUT2D eigenvalue weighted by Gasteiger charge is -2.16. The Morgan fingerprint density at radius 1 is 1.27 bits per heavy atom. The van der Waals surface area contributed by atoms with Crippen LogP contribution in [0.2, 0.25) is 0 Å². The molecule has 0 radical (unpaired) electrons. The van der Waals surface area contributed by atoms with Gasteiger partial charge in [0, 0.05) is 9.80 Å². The first-order chi connectivity index (χ1) is 7.10. The lowest BCUT2D eigenvalue weighted by atomic mass is 10.0. The van der Waals surface area contributed by atoms with E-state index in [4.69, 9.17) is 5.11 Å². The second-order valence-corrected chi connectivity index (χ2v) is 4.68. The quantitative estimate of drug-likeness (QED) is 0.732. The van der Waals surface area contributed by atoms with Gasteiger partial charge >= 0.3 is 0 Å². The minimum absolute atomic E-state index is 0.106. The van der Waals surface area contributed by atoms with Gasteiger partial charge in [0.2, 0.25) is 0 Å². The molecule has 1 aromatic carbocycles. The van der Waals surface area contributed by atoms with Gasteiger partial charge in [-0.1, -0.05) is 37.9 Å². The van der Waals surface area contributed by atoms with Crippen LogP contribution in [0.5, 0.6) is 0 Å². The zero-order valence-corrected chi connectivity index (χ0v) is 11.1. The second-order valence-electron chi connectivity index (χ2n) is 3.18. The van der Waals surface area contributed by atoms with E-state index in [0.29, 0.717) is 16.5 Å². The highest BCUT2D eigenvalue weighted by molar-refractivity contribution is 9.10. The third-order valence-electron chi connectivity index (χ3n) is 2.10. The van der Waals surface area contributed by atoms with E-state index in [1.165, 1.54) is 0 Å². The first-order valence-electron chi connectivity index (χ1n) is 4.41. The first-order valence-corrected chi connectivity index (χ1v) is 6.33. The maximum absolute atomic E-state index is 9.72. The SMILES string of the molecule is OCc1cc(C(O)C(O)CBr)ccc1Br. The van der Waals surface area contributed by atoms with Crippen LogP contribution in [0.1, 0.15) is 17.2 Å². The van der Waals surface area contributed by atoms with Crippen molar-refractivity contribution in [3.05, 3.63) is 33.8 Å². The molecule has 0 amide bonds. The van der Waals surface area contributed by atoms with Crippen molar-refractivity contribution < 1.29 is 15.3 Å². The van der Waals surface area contributed by atoms with Gasteiger partial charge in [-0.3, -0.25) is 0 Å². The number of halogens is 2. The van der Waals surface area contributed by atoms with E-state index in [1.807, 2.05) is 0 Å². The minimum atomic E-state index is -0.942. The van der Waals surface area contributed by atoms with E-state index in [2.05, 4.69) is 31.9 Å². The molecule has 0 saturated heterocycles. The summed E-state index contributed by atoms with van der Waals surface area (Å²) >= 11 is 6.37. The van der Waals surface area contributed by atoms with E-state index in [1.54, 1.807) is 18.2 Å². The van der Waals surface area contributed by atoms with Crippen LogP contribution >= 0.6 is 31.9 Å². The average molecular weight is 340 g/mol. The molecule has 0 aromatic heterocycles. The maximum Gasteiger partial charge on any atom is 0.106 e. The average Bonchev–Trinajstić information content (AvgIpc) is 2.27. The largest absolute Gasteiger partial charge is 0.392 e. The highest BCUT2D eigenvalue weighted by Gasteiger charge is 2.17. The smallest absolute Gasteiger partial charge is 0.106 e. The summed E-state index contributed by atoms with van der Waals surface area (Å²) in [5, 5.41) is 28.5. The second kappa shape index (κ2) is 5.96. The van der Waals surface area contributed by atoms with Crippen LogP contribution in [0.3, 0.4) is 0 Å². The lowest BCUT2D eigenvalue weighted by molar-refractivity contribution is 0.0341. The molecule has 3 N–H and O–H groups in total. The number of rotatable bonds is 4. The van der Waals surface area contributed by atoms with Crippen molar-refractivity contribution in [2.75, 3.05) is 5.33 Å². The molecule has 1 aromatic rings. The van der Waals surface area contributed by atoms with E-state index in [-0.39, 0.29) is 6.61 Å². The summed E-state index contributed by atoms with van der Waals surface area (Å²) in [6, 6.07) is 5.12. The molecule has 0 aliphatic heterocycles. The summed E-state index contributed by atoms with van der Waals surface area (Å²) in [5.74, 6) is 0. The molecule has 0 saturated carbocycles. The molecule has 1 rings (SSSR count). The Balaban J connectivity index is 2.95. The Bertz CT molecular complexity index is 330. The van der Waals surface area contributed by atoms with Crippen molar-refractivity contribution in [3.8, 4) is 0 Å². The third kappa shape index (κ3) is 3.26. The van der Waals surface area contributed by atoms with Gasteiger partial charge in [-0.25, -0.2) is 0 Å². The molecule has 0 bridgehead atoms. The zero-order valence-electron chi connectivity index (χ0n) is 7.90. The standard InChI is InChI=1S/C10H12Br2O3/c11-4-9(14)10(15)6-1-2-8(12)7(3-6)5-13/h1-3,9-10,13-15H,4-5H2. The van der Waals surface area contributed by atoms with Gasteiger partial charge in [-0.2, -0.15) is 0 Å². The maximum atomic E-state index is 9.72. The summed E-state index contributed by atoms with van der Waals surface area (Å²) in [4.78, 5) is 0. The highest BCUT2D eigenvalue weighted by atomic mass is 79.9. The van der Waals surface area contributed by atoms with Crippen molar-refractivity contribution >= 4 is 31.9 Å². The Morgan fingerprint density at radius 3 is 2.47 bits per heavy atom. The van der Waals surface area contributed by atoms with Crippen LogP contribution in [0.25, 0.3) is 0 Å². The molecule has 0 fully saturated rings. The molecule has 0 aliphatic carbocycles. The predicted molar refractivity (Wildman–Crippen MR) is 64.8 cm³/mol. The third-order valence-corrected chi connectivity index (χ3v) is 3.54. The van der Waals surface area contributed by atoms with Gasteiger partial charge in [-0.15, -0.1) is 0 Å². The van der Waals surface area contributed by atoms with Crippen molar-refractivity contribution in [2.45, 2.75) is 18.8 Å². The highest BCUT2D eigenvalue weighted by Crippen LogP contribution is 2.24. The molecule has 0 heterocycles. The van der Waals surface area contributed by atoms with Crippen LogP contribution in [0.15, 0.2) is 22.7 Å². The fourth-order valence-corrected chi connectivity index (χ4v) is 1.93. The Labute approximate surface area is 105 Å². The minimum Gasteiger partial charge on any atom is -0.392 e. The van der Waals surface area contributed by atoms with Crippen molar-refractivity contribution in [1.82, 2.24) is 0 Å². The molecule has 84 valence electrons. The summed E-state index contributed by atoms with van der Waals surface area (Å²) in [7, 11) is 0. The van der Waals surface area contributed by atoms with Crippen molar-refractivity contribution in [2.24, 2.45) is 0 Å². The van der Waals surface area contributed by atoms with Gasteiger partial charge in [0.05, 0.1) is 12.7 Å². The number of aliphatic hydroxyl groups excluding tert-OH is 3. The van der Waals surface area contributed by atoms with Gasteiger partial charge in [-0.05, 0) is 23.3 Å². The van der Waals surface area contributed by atoms with Gasteiger partial charge in [0.15, 0.2) is 0 Å². The summed E-state index contributed by atoms with van der Waals surface area (Å²) in [6.45, 7) is -0.106. The van der Waals surface area contributed by atoms with Crippen LogP contribution in [-0.2, 0) is 6.61 Å². The number of hydrogen-bond acceptors (Lipinski definition) is 3. The van der Waals surface area contributed by atoms with Gasteiger partial charge in [0.1, 0.15) is 6.10 Å². The van der Waals surface area contributed by atoms with E-state index < -0.39 is 12.2 Å². The summed E-state index contributed by atoms with van der Waals surface area (Å²) < 4.78 is 0.786. The van der Waals surface area contributed by atoms with Crippen LogP contribution in [0.4, 0.5) is 0 Å². The number of benzene rings is 1. The van der Waals surface area contributed by atoms with E-state index >= 15 is 0 Å². The van der Waals surface area contributed by atoms with E-state index in [0.717, 1.165) is 4.47 Å². The molecule has 0 aliphatic rings. The topological polar surface area (TPSA) is 60.7 Å². The lowest BCUT2D eigenvalue weighted by Crippen LogP contribution is -2.19. The van der Waals surface area contributed by atoms with Crippen LogP contribution in [0, 0.1) is 0 Å². The number of aliphatic hydroxyl groups is 3.